The number of benzene rings is 1. The van der Waals surface area contributed by atoms with Gasteiger partial charge in [-0.25, -0.2) is 4.39 Å². The van der Waals surface area contributed by atoms with Crippen LogP contribution in [0, 0.1) is 5.82 Å². The first-order valence-corrected chi connectivity index (χ1v) is 5.50. The van der Waals surface area contributed by atoms with Crippen molar-refractivity contribution in [3.63, 3.8) is 0 Å². The van der Waals surface area contributed by atoms with Gasteiger partial charge in [0.1, 0.15) is 5.82 Å². The molecule has 0 atom stereocenters. The monoisotopic (exact) mass is 228 g/mol. The summed E-state index contributed by atoms with van der Waals surface area (Å²) < 4.78 is 12.9. The summed E-state index contributed by atoms with van der Waals surface area (Å²) in [5.74, 6) is -0.347. The fraction of sp³-hybridized carbons (Fsp3) is 0.455. The van der Waals surface area contributed by atoms with Crippen LogP contribution in [0.4, 0.5) is 4.39 Å². The number of halogens is 2. The van der Waals surface area contributed by atoms with Crippen molar-refractivity contribution in [2.24, 2.45) is 0 Å². The van der Waals surface area contributed by atoms with Crippen LogP contribution < -0.4 is 5.32 Å². The van der Waals surface area contributed by atoms with Crippen LogP contribution in [0.25, 0.3) is 0 Å². The zero-order chi connectivity index (χ0) is 10.7. The topological polar surface area (TPSA) is 15.3 Å². The molecule has 1 fully saturated rings. The molecule has 0 unspecified atom stereocenters. The van der Waals surface area contributed by atoms with E-state index in [-0.39, 0.29) is 10.8 Å². The number of rotatable bonds is 2. The maximum atomic E-state index is 12.9. The van der Waals surface area contributed by atoms with E-state index in [4.69, 9.17) is 11.6 Å². The molecule has 0 aromatic heterocycles. The zero-order valence-electron chi connectivity index (χ0n) is 8.47. The number of hydrogen-bond donors (Lipinski definition) is 1. The van der Waals surface area contributed by atoms with Crippen molar-refractivity contribution in [1.82, 2.24) is 10.2 Å². The molecule has 0 bridgehead atoms. The van der Waals surface area contributed by atoms with E-state index in [9.17, 15) is 4.39 Å². The molecule has 1 aliphatic rings. The van der Waals surface area contributed by atoms with Crippen molar-refractivity contribution in [1.29, 1.82) is 0 Å². The van der Waals surface area contributed by atoms with E-state index >= 15 is 0 Å². The highest BCUT2D eigenvalue weighted by Crippen LogP contribution is 2.17. The van der Waals surface area contributed by atoms with Crippen LogP contribution in [-0.4, -0.2) is 31.1 Å². The Balaban J connectivity index is 2.00. The van der Waals surface area contributed by atoms with Gasteiger partial charge in [0, 0.05) is 32.7 Å². The van der Waals surface area contributed by atoms with Crippen LogP contribution in [0.5, 0.6) is 0 Å². The predicted molar refractivity (Wildman–Crippen MR) is 59.6 cm³/mol. The maximum absolute atomic E-state index is 12.9. The SMILES string of the molecule is Fc1ccc(CN2CCNCC2)cc1Cl. The normalized spacial score (nSPS) is 18.0. The molecule has 1 heterocycles. The van der Waals surface area contributed by atoms with Gasteiger partial charge in [0.2, 0.25) is 0 Å². The molecule has 2 rings (SSSR count). The van der Waals surface area contributed by atoms with E-state index < -0.39 is 0 Å². The molecule has 82 valence electrons. The van der Waals surface area contributed by atoms with E-state index in [1.165, 1.54) is 6.07 Å². The van der Waals surface area contributed by atoms with E-state index in [0.29, 0.717) is 0 Å². The lowest BCUT2D eigenvalue weighted by atomic mass is 10.2. The molecule has 1 saturated heterocycles. The fourth-order valence-corrected chi connectivity index (χ4v) is 1.97. The molecule has 15 heavy (non-hydrogen) atoms. The van der Waals surface area contributed by atoms with Gasteiger partial charge >= 0.3 is 0 Å². The first-order valence-electron chi connectivity index (χ1n) is 5.13. The summed E-state index contributed by atoms with van der Waals surface area (Å²) in [5.41, 5.74) is 1.07. The summed E-state index contributed by atoms with van der Waals surface area (Å²) in [5, 5.41) is 3.50. The van der Waals surface area contributed by atoms with Gasteiger partial charge in [-0.3, -0.25) is 4.90 Å². The second-order valence-corrected chi connectivity index (χ2v) is 4.18. The van der Waals surface area contributed by atoms with Crippen molar-refractivity contribution in [2.75, 3.05) is 26.2 Å². The van der Waals surface area contributed by atoms with Gasteiger partial charge in [0.05, 0.1) is 5.02 Å². The Labute approximate surface area is 94.0 Å². The predicted octanol–water partition coefficient (Wildman–Crippen LogP) is 1.88. The number of piperazine rings is 1. The second kappa shape index (κ2) is 4.92. The van der Waals surface area contributed by atoms with Gasteiger partial charge in [-0.2, -0.15) is 0 Å². The zero-order valence-corrected chi connectivity index (χ0v) is 9.23. The van der Waals surface area contributed by atoms with Crippen LogP contribution in [0.3, 0.4) is 0 Å². The minimum atomic E-state index is -0.347. The lowest BCUT2D eigenvalue weighted by Crippen LogP contribution is -2.42. The Kier molecular flexibility index (Phi) is 3.57. The molecule has 1 aromatic carbocycles. The Morgan fingerprint density at radius 2 is 2.07 bits per heavy atom. The third kappa shape index (κ3) is 2.91. The van der Waals surface area contributed by atoms with E-state index in [0.717, 1.165) is 38.3 Å². The van der Waals surface area contributed by atoms with Crippen molar-refractivity contribution >= 4 is 11.6 Å². The second-order valence-electron chi connectivity index (χ2n) is 3.77. The highest BCUT2D eigenvalue weighted by Gasteiger charge is 2.10. The fourth-order valence-electron chi connectivity index (χ4n) is 1.77. The average molecular weight is 229 g/mol. The summed E-state index contributed by atoms with van der Waals surface area (Å²) in [7, 11) is 0. The standard InChI is InChI=1S/C11H14ClFN2/c12-10-7-9(1-2-11(10)13)8-15-5-3-14-4-6-15/h1-2,7,14H,3-6,8H2. The summed E-state index contributed by atoms with van der Waals surface area (Å²) in [4.78, 5) is 2.33. The molecular formula is C11H14ClFN2. The average Bonchev–Trinajstić information content (AvgIpc) is 2.25. The molecule has 4 heteroatoms. The summed E-state index contributed by atoms with van der Waals surface area (Å²) in [6.07, 6.45) is 0. The Morgan fingerprint density at radius 1 is 1.33 bits per heavy atom. The van der Waals surface area contributed by atoms with E-state index in [1.807, 2.05) is 0 Å². The molecule has 0 aliphatic carbocycles. The van der Waals surface area contributed by atoms with Gasteiger partial charge in [0.25, 0.3) is 0 Å². The molecule has 2 nitrogen and oxygen atoms in total. The molecule has 1 aromatic rings. The Bertz CT molecular complexity index is 337. The van der Waals surface area contributed by atoms with Gasteiger partial charge in [-0.1, -0.05) is 17.7 Å². The lowest BCUT2D eigenvalue weighted by molar-refractivity contribution is 0.233. The van der Waals surface area contributed by atoms with E-state index in [1.54, 1.807) is 12.1 Å². The van der Waals surface area contributed by atoms with Crippen molar-refractivity contribution in [2.45, 2.75) is 6.54 Å². The van der Waals surface area contributed by atoms with Gasteiger partial charge < -0.3 is 5.32 Å². The van der Waals surface area contributed by atoms with Gasteiger partial charge in [-0.15, -0.1) is 0 Å². The maximum Gasteiger partial charge on any atom is 0.141 e. The molecular weight excluding hydrogens is 215 g/mol. The highest BCUT2D eigenvalue weighted by molar-refractivity contribution is 6.30. The Hall–Kier alpha value is -0.640. The summed E-state index contributed by atoms with van der Waals surface area (Å²) >= 11 is 5.73. The van der Waals surface area contributed by atoms with Crippen LogP contribution in [0.1, 0.15) is 5.56 Å². The van der Waals surface area contributed by atoms with Gasteiger partial charge in [0.15, 0.2) is 0 Å². The third-order valence-corrected chi connectivity index (χ3v) is 2.89. The smallest absolute Gasteiger partial charge is 0.141 e. The summed E-state index contributed by atoms with van der Waals surface area (Å²) in [6.45, 7) is 4.97. The Morgan fingerprint density at radius 3 is 2.73 bits per heavy atom. The summed E-state index contributed by atoms with van der Waals surface area (Å²) in [6, 6.07) is 4.93. The van der Waals surface area contributed by atoms with Crippen molar-refractivity contribution in [3.8, 4) is 0 Å². The van der Waals surface area contributed by atoms with Crippen molar-refractivity contribution < 1.29 is 4.39 Å². The largest absolute Gasteiger partial charge is 0.314 e. The quantitative estimate of drug-likeness (QED) is 0.832. The molecule has 0 radical (unpaired) electrons. The molecule has 0 amide bonds. The highest BCUT2D eigenvalue weighted by atomic mass is 35.5. The first-order chi connectivity index (χ1) is 7.25. The number of nitrogens with zero attached hydrogens (tertiary/aromatic N) is 1. The van der Waals surface area contributed by atoms with Crippen LogP contribution in [0.15, 0.2) is 18.2 Å². The number of hydrogen-bond acceptors (Lipinski definition) is 2. The molecule has 0 saturated carbocycles. The van der Waals surface area contributed by atoms with Crippen LogP contribution in [0.2, 0.25) is 5.02 Å². The minimum absolute atomic E-state index is 0.211. The lowest BCUT2D eigenvalue weighted by Gasteiger charge is -2.27. The molecule has 1 aliphatic heterocycles. The van der Waals surface area contributed by atoms with Crippen LogP contribution in [-0.2, 0) is 6.54 Å². The van der Waals surface area contributed by atoms with Gasteiger partial charge in [-0.05, 0) is 17.7 Å². The third-order valence-electron chi connectivity index (χ3n) is 2.60. The molecule has 0 spiro atoms. The first kappa shape index (κ1) is 10.9. The van der Waals surface area contributed by atoms with E-state index in [2.05, 4.69) is 10.2 Å². The molecule has 1 N–H and O–H groups in total. The van der Waals surface area contributed by atoms with Crippen molar-refractivity contribution in [3.05, 3.63) is 34.6 Å². The minimum Gasteiger partial charge on any atom is -0.314 e. The number of nitrogens with one attached hydrogen (secondary N) is 1. The van der Waals surface area contributed by atoms with Crippen LogP contribution >= 0.6 is 11.6 Å².